The number of carbonyl (C=O) groups excluding carboxylic acids is 6. The van der Waals surface area contributed by atoms with Gasteiger partial charge in [0.15, 0.2) is 18.2 Å². The zero-order valence-corrected chi connectivity index (χ0v) is 25.8. The van der Waals surface area contributed by atoms with Crippen LogP contribution in [0, 0.1) is 5.92 Å². The molecule has 0 saturated heterocycles. The summed E-state index contributed by atoms with van der Waals surface area (Å²) in [5.74, 6) is 1.41. The van der Waals surface area contributed by atoms with Gasteiger partial charge in [0.1, 0.15) is 11.8 Å². The topological polar surface area (TPSA) is 210 Å². The molecule has 6 heterocycles. The molecule has 0 aromatic carbocycles. The maximum atomic E-state index is 10.4. The number of hydrogen-bond acceptors (Lipinski definition) is 14. The van der Waals surface area contributed by atoms with Crippen molar-refractivity contribution in [2.75, 3.05) is 24.7 Å². The normalized spacial score (nSPS) is 22.4. The Morgan fingerprint density at radius 1 is 0.905 bits per heavy atom. The molecule has 6 rings (SSSR count). The number of Topliss-reactive ketones (excluding diaryl/α,β-unsaturated/α-hetero) is 3. The number of oxime groups is 1. The molecular formula is C25H34N8O7S2. The Kier molecular flexibility index (Phi) is 16.5. The number of nitrogens with one attached hydrogen (secondary N) is 3. The van der Waals surface area contributed by atoms with Crippen LogP contribution in [0.5, 0.6) is 0 Å². The highest BCUT2D eigenvalue weighted by atomic mass is 32.2. The largest absolute Gasteiger partial charge is 0.387 e. The second-order valence-corrected chi connectivity index (χ2v) is 10.6. The molecule has 3 N–H and O–H groups in total. The summed E-state index contributed by atoms with van der Waals surface area (Å²) in [6, 6.07) is -0.167. The monoisotopic (exact) mass is 622 g/mol. The Bertz CT molecular complexity index is 1130. The minimum absolute atomic E-state index is 0.00231. The van der Waals surface area contributed by atoms with Crippen LogP contribution >= 0.6 is 23.7 Å². The number of thioether (sulfide) groups is 1. The number of carbonyl (C=O) groups is 6. The summed E-state index contributed by atoms with van der Waals surface area (Å²) in [6.07, 6.45) is 4.75. The first-order valence-corrected chi connectivity index (χ1v) is 14.4. The number of aliphatic imine (C=N–C) groups is 2. The van der Waals surface area contributed by atoms with Crippen molar-refractivity contribution in [1.82, 2.24) is 16.1 Å². The molecular weight excluding hydrogens is 588 g/mol. The van der Waals surface area contributed by atoms with Gasteiger partial charge in [-0.1, -0.05) is 5.16 Å². The fourth-order valence-electron chi connectivity index (χ4n) is 2.39. The molecule has 2 atom stereocenters. The van der Waals surface area contributed by atoms with Gasteiger partial charge in [0.05, 0.1) is 41.1 Å². The standard InChI is InChI=1S/C5H7NO.2C4H6N2O.C4H5NO2.2C4H5NOS/c1-4-2-6-3-5(4)7;1-3-4(7)6-2-5-3;1-3-2-5-6-4(3)7;1-3-4(6)2-7-5-3;1-3-5-4(6)2-7-3;1-3-4(6)2-7-5-3/h2,6H,3H2,1H3;2-3H,1H3,(H,5,6,7);2-3H,1H3,(H,6,7);3*2H2,1H3. The van der Waals surface area contributed by atoms with E-state index < -0.39 is 0 Å². The van der Waals surface area contributed by atoms with Gasteiger partial charge in [-0.25, -0.2) is 14.8 Å². The highest BCUT2D eigenvalue weighted by molar-refractivity contribution is 8.14. The molecule has 0 fully saturated rings. The van der Waals surface area contributed by atoms with Crippen LogP contribution in [-0.4, -0.2) is 94.8 Å². The average molecular weight is 623 g/mol. The summed E-state index contributed by atoms with van der Waals surface area (Å²) in [4.78, 5) is 73.9. The summed E-state index contributed by atoms with van der Waals surface area (Å²) >= 11 is 2.83. The fraction of sp³-hybridized carbons (Fsp3) is 0.480. The molecule has 0 radical (unpaired) electrons. The number of hydrogen-bond donors (Lipinski definition) is 3. The SMILES string of the molecule is CC1=CNCC1=O.CC1=NC(=O)CS1.CC1=NOCC1=O.CC1=NSCC1=O.CC1C=NNC1=O.CC1N=CNC1=O. The van der Waals surface area contributed by atoms with Crippen molar-refractivity contribution in [2.45, 2.75) is 47.6 Å². The van der Waals surface area contributed by atoms with Gasteiger partial charge < -0.3 is 15.5 Å². The van der Waals surface area contributed by atoms with Gasteiger partial charge in [-0.3, -0.25) is 33.8 Å². The zero-order valence-electron chi connectivity index (χ0n) is 24.1. The summed E-state index contributed by atoms with van der Waals surface area (Å²) in [7, 11) is 0. The third kappa shape index (κ3) is 14.6. The van der Waals surface area contributed by atoms with Gasteiger partial charge in [-0.2, -0.15) is 5.10 Å². The molecule has 0 aromatic rings. The minimum atomic E-state index is -0.167. The first kappa shape index (κ1) is 36.0. The fourth-order valence-corrected chi connectivity index (χ4v) is 3.64. The zero-order chi connectivity index (χ0) is 31.7. The van der Waals surface area contributed by atoms with Crippen molar-refractivity contribution in [3.8, 4) is 0 Å². The number of nitrogens with zero attached hydrogens (tertiary/aromatic N) is 5. The molecule has 0 bridgehead atoms. The third-order valence-electron chi connectivity index (χ3n) is 5.08. The van der Waals surface area contributed by atoms with E-state index in [2.05, 4.69) is 45.5 Å². The molecule has 0 aromatic heterocycles. The number of ketones is 3. The summed E-state index contributed by atoms with van der Waals surface area (Å²) < 4.78 is 3.80. The molecule has 3 amide bonds. The lowest BCUT2D eigenvalue weighted by atomic mass is 10.2. The Morgan fingerprint density at radius 2 is 1.62 bits per heavy atom. The van der Waals surface area contributed by atoms with Crippen LogP contribution in [0.1, 0.15) is 41.5 Å². The third-order valence-corrected chi connectivity index (χ3v) is 6.77. The maximum absolute atomic E-state index is 10.4. The van der Waals surface area contributed by atoms with Gasteiger partial charge in [0.25, 0.3) is 5.91 Å². The van der Waals surface area contributed by atoms with E-state index in [4.69, 9.17) is 0 Å². The van der Waals surface area contributed by atoms with Crippen molar-refractivity contribution in [3.63, 3.8) is 0 Å². The van der Waals surface area contributed by atoms with Crippen LogP contribution in [0.2, 0.25) is 0 Å². The summed E-state index contributed by atoms with van der Waals surface area (Å²) in [5.41, 5.74) is 4.26. The molecule has 2 unspecified atom stereocenters. The number of hydrazone groups is 1. The second kappa shape index (κ2) is 19.2. The van der Waals surface area contributed by atoms with Crippen molar-refractivity contribution in [2.24, 2.45) is 30.6 Å². The Morgan fingerprint density at radius 3 is 1.76 bits per heavy atom. The van der Waals surface area contributed by atoms with E-state index in [0.717, 1.165) is 10.6 Å². The van der Waals surface area contributed by atoms with E-state index in [-0.39, 0.29) is 53.6 Å². The van der Waals surface area contributed by atoms with E-state index in [9.17, 15) is 28.8 Å². The van der Waals surface area contributed by atoms with Crippen LogP contribution in [-0.2, 0) is 33.6 Å². The lowest BCUT2D eigenvalue weighted by molar-refractivity contribution is -0.122. The van der Waals surface area contributed by atoms with E-state index >= 15 is 0 Å². The second-order valence-electron chi connectivity index (χ2n) is 8.70. The van der Waals surface area contributed by atoms with Crippen molar-refractivity contribution < 1.29 is 33.6 Å². The smallest absolute Gasteiger partial charge is 0.256 e. The molecule has 6 aliphatic heterocycles. The predicted molar refractivity (Wildman–Crippen MR) is 164 cm³/mol. The Labute approximate surface area is 251 Å². The van der Waals surface area contributed by atoms with Crippen LogP contribution in [0.15, 0.2) is 36.4 Å². The predicted octanol–water partition coefficient (Wildman–Crippen LogP) is 0.652. The first-order valence-electron chi connectivity index (χ1n) is 12.5. The summed E-state index contributed by atoms with van der Waals surface area (Å²) in [5, 5.41) is 13.0. The lowest BCUT2D eigenvalue weighted by Gasteiger charge is -1.88. The van der Waals surface area contributed by atoms with Gasteiger partial charge in [0, 0.05) is 18.0 Å². The average Bonchev–Trinajstić information content (AvgIpc) is 3.81. The molecule has 17 heteroatoms. The van der Waals surface area contributed by atoms with E-state index in [1.165, 1.54) is 30.0 Å². The van der Waals surface area contributed by atoms with Crippen LogP contribution in [0.25, 0.3) is 0 Å². The van der Waals surface area contributed by atoms with E-state index in [1.807, 2.05) is 13.8 Å². The minimum Gasteiger partial charge on any atom is -0.387 e. The van der Waals surface area contributed by atoms with Crippen molar-refractivity contribution >= 4 is 87.8 Å². The Hall–Kier alpha value is -3.99. The molecule has 228 valence electrons. The maximum Gasteiger partial charge on any atom is 0.256 e. The first-order chi connectivity index (χ1) is 19.8. The highest BCUT2D eigenvalue weighted by Crippen LogP contribution is 2.11. The van der Waals surface area contributed by atoms with Gasteiger partial charge >= 0.3 is 0 Å². The summed E-state index contributed by atoms with van der Waals surface area (Å²) in [6.45, 7) is 11.2. The number of rotatable bonds is 0. The van der Waals surface area contributed by atoms with Crippen LogP contribution < -0.4 is 16.1 Å². The number of amides is 3. The quantitative estimate of drug-likeness (QED) is 0.321. The molecule has 6 aliphatic rings. The molecule has 0 spiro atoms. The van der Waals surface area contributed by atoms with E-state index in [1.54, 1.807) is 40.1 Å². The van der Waals surface area contributed by atoms with Crippen molar-refractivity contribution in [1.29, 1.82) is 0 Å². The molecule has 0 saturated carbocycles. The Balaban J connectivity index is 0.000000252. The van der Waals surface area contributed by atoms with Crippen molar-refractivity contribution in [3.05, 3.63) is 11.8 Å². The van der Waals surface area contributed by atoms with Crippen LogP contribution in [0.4, 0.5) is 0 Å². The molecule has 0 aliphatic carbocycles. The lowest BCUT2D eigenvalue weighted by Crippen LogP contribution is -2.21. The van der Waals surface area contributed by atoms with Gasteiger partial charge in [0.2, 0.25) is 17.6 Å². The van der Waals surface area contributed by atoms with Gasteiger partial charge in [-0.05, 0) is 53.5 Å². The highest BCUT2D eigenvalue weighted by Gasteiger charge is 2.14. The van der Waals surface area contributed by atoms with E-state index in [0.29, 0.717) is 29.5 Å². The molecule has 15 nitrogen and oxygen atoms in total. The molecule has 42 heavy (non-hydrogen) atoms. The van der Waals surface area contributed by atoms with Crippen LogP contribution in [0.3, 0.4) is 0 Å². The van der Waals surface area contributed by atoms with Gasteiger partial charge in [-0.15, -0.1) is 11.8 Å².